The van der Waals surface area contributed by atoms with E-state index < -0.39 is 17.7 Å². The van der Waals surface area contributed by atoms with Crippen molar-refractivity contribution in [2.24, 2.45) is 0 Å². The maximum absolute atomic E-state index is 13.1. The lowest BCUT2D eigenvalue weighted by molar-refractivity contribution is -0.140. The summed E-state index contributed by atoms with van der Waals surface area (Å²) in [5.74, 6) is -0.344. The molecule has 7 heteroatoms. The van der Waals surface area contributed by atoms with Crippen LogP contribution in [0.5, 0.6) is 5.75 Å². The van der Waals surface area contributed by atoms with Crippen molar-refractivity contribution in [2.75, 3.05) is 0 Å². The molecule has 0 saturated carbocycles. The number of hydrogen-bond acceptors (Lipinski definition) is 5. The summed E-state index contributed by atoms with van der Waals surface area (Å²) in [6.45, 7) is 2.07. The second-order valence-corrected chi connectivity index (χ2v) is 8.45. The standard InChI is InChI=1S/C25H20ClNO5/c1-14-11-17-12-16(6-9-20(17)32-14)23(28)21-22(15-4-7-18(26)8-5-15)27(25(30)24(21)29)13-19-3-2-10-31-19/h2-10,12,14,22,28H,11,13H2,1H3. The normalized spacial score (nSPS) is 21.6. The van der Waals surface area contributed by atoms with Crippen LogP contribution in [0.4, 0.5) is 0 Å². The third-order valence-corrected chi connectivity index (χ3v) is 6.05. The zero-order chi connectivity index (χ0) is 22.4. The van der Waals surface area contributed by atoms with Gasteiger partial charge in [-0.05, 0) is 60.5 Å². The fraction of sp³-hybridized carbons (Fsp3) is 0.200. The number of ketones is 1. The van der Waals surface area contributed by atoms with E-state index in [1.54, 1.807) is 48.5 Å². The quantitative estimate of drug-likeness (QED) is 0.349. The highest BCUT2D eigenvalue weighted by Crippen LogP contribution is 2.41. The topological polar surface area (TPSA) is 80.0 Å². The van der Waals surface area contributed by atoms with Crippen molar-refractivity contribution in [3.8, 4) is 5.75 Å². The van der Waals surface area contributed by atoms with Gasteiger partial charge in [-0.3, -0.25) is 9.59 Å². The van der Waals surface area contributed by atoms with Crippen molar-refractivity contribution < 1.29 is 23.8 Å². The van der Waals surface area contributed by atoms with Gasteiger partial charge in [0.1, 0.15) is 23.4 Å². The fourth-order valence-electron chi connectivity index (χ4n) is 4.33. The molecule has 162 valence electrons. The van der Waals surface area contributed by atoms with Gasteiger partial charge in [-0.2, -0.15) is 0 Å². The molecule has 0 aliphatic carbocycles. The van der Waals surface area contributed by atoms with E-state index in [1.807, 2.05) is 13.0 Å². The molecular formula is C25H20ClNO5. The molecule has 2 atom stereocenters. The third-order valence-electron chi connectivity index (χ3n) is 5.80. The van der Waals surface area contributed by atoms with Gasteiger partial charge in [-0.15, -0.1) is 0 Å². The molecule has 2 aliphatic rings. The number of nitrogens with zero attached hydrogens (tertiary/aromatic N) is 1. The minimum atomic E-state index is -0.777. The van der Waals surface area contributed by atoms with E-state index in [1.165, 1.54) is 11.2 Å². The van der Waals surface area contributed by atoms with Crippen LogP contribution in [0.1, 0.15) is 35.4 Å². The van der Waals surface area contributed by atoms with E-state index in [-0.39, 0.29) is 24.0 Å². The highest BCUT2D eigenvalue weighted by Gasteiger charge is 2.46. The number of benzene rings is 2. The zero-order valence-electron chi connectivity index (χ0n) is 17.2. The van der Waals surface area contributed by atoms with Gasteiger partial charge >= 0.3 is 0 Å². The number of halogens is 1. The van der Waals surface area contributed by atoms with Gasteiger partial charge in [0.2, 0.25) is 0 Å². The van der Waals surface area contributed by atoms with Crippen molar-refractivity contribution in [1.29, 1.82) is 0 Å². The summed E-state index contributed by atoms with van der Waals surface area (Å²) in [5, 5.41) is 11.8. The minimum absolute atomic E-state index is 0.0378. The maximum Gasteiger partial charge on any atom is 0.296 e. The molecule has 2 aliphatic heterocycles. The number of hydrogen-bond donors (Lipinski definition) is 1. The molecule has 3 heterocycles. The summed E-state index contributed by atoms with van der Waals surface area (Å²) in [7, 11) is 0. The lowest BCUT2D eigenvalue weighted by Gasteiger charge is -2.24. The van der Waals surface area contributed by atoms with E-state index in [0.717, 1.165) is 11.3 Å². The van der Waals surface area contributed by atoms with Gasteiger partial charge in [0.25, 0.3) is 11.7 Å². The predicted octanol–water partition coefficient (Wildman–Crippen LogP) is 4.88. The molecule has 3 aromatic rings. The number of amides is 1. The molecule has 2 unspecified atom stereocenters. The highest BCUT2D eigenvalue weighted by atomic mass is 35.5. The van der Waals surface area contributed by atoms with Gasteiger partial charge in [0.15, 0.2) is 0 Å². The number of furan rings is 1. The van der Waals surface area contributed by atoms with E-state index in [0.29, 0.717) is 28.3 Å². The minimum Gasteiger partial charge on any atom is -0.507 e. The Labute approximate surface area is 189 Å². The van der Waals surface area contributed by atoms with Crippen LogP contribution >= 0.6 is 11.6 Å². The molecule has 1 aromatic heterocycles. The molecule has 6 nitrogen and oxygen atoms in total. The number of carbonyl (C=O) groups is 2. The number of ether oxygens (including phenoxy) is 1. The number of Topliss-reactive ketones (excluding diaryl/α,β-unsaturated/α-hetero) is 1. The first-order valence-corrected chi connectivity index (χ1v) is 10.7. The number of aliphatic hydroxyl groups excluding tert-OH is 1. The van der Waals surface area contributed by atoms with E-state index in [2.05, 4.69) is 0 Å². The van der Waals surface area contributed by atoms with Crippen LogP contribution in [0, 0.1) is 0 Å². The second-order valence-electron chi connectivity index (χ2n) is 8.01. The van der Waals surface area contributed by atoms with Crippen molar-refractivity contribution in [3.63, 3.8) is 0 Å². The van der Waals surface area contributed by atoms with Crippen molar-refractivity contribution >= 4 is 29.1 Å². The Morgan fingerprint density at radius 2 is 1.94 bits per heavy atom. The smallest absolute Gasteiger partial charge is 0.296 e. The number of carbonyl (C=O) groups excluding carboxylic acids is 2. The average Bonchev–Trinajstić information content (AvgIpc) is 3.48. The van der Waals surface area contributed by atoms with Gasteiger partial charge in [-0.25, -0.2) is 0 Å². The highest BCUT2D eigenvalue weighted by molar-refractivity contribution is 6.46. The second kappa shape index (κ2) is 7.88. The summed E-state index contributed by atoms with van der Waals surface area (Å²) < 4.78 is 11.1. The van der Waals surface area contributed by atoms with E-state index in [9.17, 15) is 14.7 Å². The summed E-state index contributed by atoms with van der Waals surface area (Å²) in [6, 6.07) is 14.9. The number of likely N-dealkylation sites (tertiary alicyclic amines) is 1. The molecule has 0 bridgehead atoms. The Kier molecular flexibility index (Phi) is 5.02. The van der Waals surface area contributed by atoms with Gasteiger partial charge in [0.05, 0.1) is 24.4 Å². The average molecular weight is 450 g/mol. The molecule has 2 aromatic carbocycles. The Bertz CT molecular complexity index is 1230. The lowest BCUT2D eigenvalue weighted by Crippen LogP contribution is -2.29. The predicted molar refractivity (Wildman–Crippen MR) is 118 cm³/mol. The summed E-state index contributed by atoms with van der Waals surface area (Å²) in [6.07, 6.45) is 2.27. The van der Waals surface area contributed by atoms with Crippen LogP contribution in [0.15, 0.2) is 70.9 Å². The van der Waals surface area contributed by atoms with Crippen LogP contribution < -0.4 is 4.74 Å². The van der Waals surface area contributed by atoms with Gasteiger partial charge in [0, 0.05) is 17.0 Å². The first-order chi connectivity index (χ1) is 15.4. The van der Waals surface area contributed by atoms with E-state index >= 15 is 0 Å². The molecule has 1 amide bonds. The molecule has 5 rings (SSSR count). The lowest BCUT2D eigenvalue weighted by atomic mass is 9.94. The SMILES string of the molecule is CC1Cc2cc(C(O)=C3C(=O)C(=O)N(Cc4ccco4)C3c3ccc(Cl)cc3)ccc2O1. The number of fused-ring (bicyclic) bond motifs is 1. The molecule has 0 spiro atoms. The first-order valence-electron chi connectivity index (χ1n) is 10.3. The molecule has 1 saturated heterocycles. The fourth-order valence-corrected chi connectivity index (χ4v) is 4.46. The van der Waals surface area contributed by atoms with Crippen molar-refractivity contribution in [3.05, 3.63) is 93.9 Å². The third kappa shape index (κ3) is 3.46. The molecular weight excluding hydrogens is 430 g/mol. The first kappa shape index (κ1) is 20.4. The van der Waals surface area contributed by atoms with Crippen molar-refractivity contribution in [2.45, 2.75) is 32.0 Å². The summed E-state index contributed by atoms with van der Waals surface area (Å²) in [4.78, 5) is 27.5. The Morgan fingerprint density at radius 1 is 1.16 bits per heavy atom. The summed E-state index contributed by atoms with van der Waals surface area (Å²) in [5.41, 5.74) is 2.13. The maximum atomic E-state index is 13.1. The number of rotatable bonds is 4. The molecule has 32 heavy (non-hydrogen) atoms. The van der Waals surface area contributed by atoms with E-state index in [4.69, 9.17) is 20.8 Å². The van der Waals surface area contributed by atoms with Gasteiger partial charge < -0.3 is 19.2 Å². The van der Waals surface area contributed by atoms with Crippen molar-refractivity contribution in [1.82, 2.24) is 4.90 Å². The van der Waals surface area contributed by atoms with Crippen LogP contribution in [-0.4, -0.2) is 27.8 Å². The zero-order valence-corrected chi connectivity index (χ0v) is 18.0. The summed E-state index contributed by atoms with van der Waals surface area (Å²) >= 11 is 6.05. The van der Waals surface area contributed by atoms with Crippen LogP contribution in [0.25, 0.3) is 5.76 Å². The number of aliphatic hydroxyl groups is 1. The monoisotopic (exact) mass is 449 g/mol. The van der Waals surface area contributed by atoms with Crippen LogP contribution in [0.2, 0.25) is 5.02 Å². The Hall–Kier alpha value is -3.51. The Morgan fingerprint density at radius 3 is 2.66 bits per heavy atom. The molecule has 1 N–H and O–H groups in total. The van der Waals surface area contributed by atoms with Crippen LogP contribution in [0.3, 0.4) is 0 Å². The molecule has 0 radical (unpaired) electrons. The molecule has 1 fully saturated rings. The van der Waals surface area contributed by atoms with Crippen LogP contribution in [-0.2, 0) is 22.6 Å². The largest absolute Gasteiger partial charge is 0.507 e. The Balaban J connectivity index is 1.63. The van der Waals surface area contributed by atoms with Gasteiger partial charge in [-0.1, -0.05) is 23.7 Å².